The molecule has 0 aromatic carbocycles. The van der Waals surface area contributed by atoms with Crippen molar-refractivity contribution in [3.63, 3.8) is 0 Å². The zero-order chi connectivity index (χ0) is 8.43. The highest BCUT2D eigenvalue weighted by atomic mass is 35.5. The molecule has 1 aromatic rings. The van der Waals surface area contributed by atoms with Crippen molar-refractivity contribution in [2.45, 2.75) is 26.7 Å². The Morgan fingerprint density at radius 3 is 2.55 bits per heavy atom. The lowest BCUT2D eigenvalue weighted by molar-refractivity contribution is 0.856. The number of hydrogen-bond donors (Lipinski definition) is 0. The minimum Gasteiger partial charge on any atom is -0.244 e. The van der Waals surface area contributed by atoms with Gasteiger partial charge in [-0.15, -0.1) is 0 Å². The second-order valence-corrected chi connectivity index (χ2v) is 3.41. The van der Waals surface area contributed by atoms with Crippen molar-refractivity contribution >= 4 is 11.6 Å². The predicted molar refractivity (Wildman–Crippen MR) is 48.1 cm³/mol. The number of aryl methyl sites for hydroxylation is 1. The van der Waals surface area contributed by atoms with E-state index in [9.17, 15) is 0 Å². The Balaban J connectivity index is 3.13. The Morgan fingerprint density at radius 2 is 2.09 bits per heavy atom. The van der Waals surface area contributed by atoms with Crippen LogP contribution in [0.1, 0.15) is 30.9 Å². The van der Waals surface area contributed by atoms with Crippen molar-refractivity contribution < 1.29 is 0 Å². The molecule has 1 rings (SSSR count). The molecule has 11 heavy (non-hydrogen) atoms. The number of rotatable bonds is 1. The zero-order valence-electron chi connectivity index (χ0n) is 7.06. The van der Waals surface area contributed by atoms with E-state index in [-0.39, 0.29) is 0 Å². The summed E-state index contributed by atoms with van der Waals surface area (Å²) in [7, 11) is 0. The van der Waals surface area contributed by atoms with Crippen LogP contribution in [0.25, 0.3) is 0 Å². The fourth-order valence-electron chi connectivity index (χ4n) is 0.980. The lowest BCUT2D eigenvalue weighted by atomic mass is 10.0. The SMILES string of the molecule is Cc1cnc(Cl)c(C(C)C)c1. The molecular formula is C9H12ClN. The maximum absolute atomic E-state index is 5.88. The van der Waals surface area contributed by atoms with Crippen LogP contribution in [0.15, 0.2) is 12.3 Å². The van der Waals surface area contributed by atoms with E-state index in [1.54, 1.807) is 6.20 Å². The van der Waals surface area contributed by atoms with Crippen LogP contribution in [-0.4, -0.2) is 4.98 Å². The Hall–Kier alpha value is -0.560. The van der Waals surface area contributed by atoms with Gasteiger partial charge >= 0.3 is 0 Å². The van der Waals surface area contributed by atoms with Gasteiger partial charge in [-0.1, -0.05) is 31.5 Å². The lowest BCUT2D eigenvalue weighted by Gasteiger charge is -2.06. The third-order valence-corrected chi connectivity index (χ3v) is 1.94. The van der Waals surface area contributed by atoms with Crippen molar-refractivity contribution in [1.29, 1.82) is 0 Å². The second-order valence-electron chi connectivity index (χ2n) is 3.05. The first-order valence-corrected chi connectivity index (χ1v) is 4.11. The van der Waals surface area contributed by atoms with E-state index in [0.29, 0.717) is 11.1 Å². The number of aromatic nitrogens is 1. The number of nitrogens with zero attached hydrogens (tertiary/aromatic N) is 1. The summed E-state index contributed by atoms with van der Waals surface area (Å²) in [6.07, 6.45) is 1.79. The first-order chi connectivity index (χ1) is 5.11. The van der Waals surface area contributed by atoms with Crippen LogP contribution in [0.2, 0.25) is 5.15 Å². The van der Waals surface area contributed by atoms with Crippen LogP contribution in [0.3, 0.4) is 0 Å². The second kappa shape index (κ2) is 3.22. The Bertz CT molecular complexity index is 256. The van der Waals surface area contributed by atoms with Gasteiger partial charge in [0.15, 0.2) is 0 Å². The van der Waals surface area contributed by atoms with E-state index in [1.807, 2.05) is 6.92 Å². The van der Waals surface area contributed by atoms with Crippen molar-refractivity contribution in [1.82, 2.24) is 4.98 Å². The molecule has 0 amide bonds. The quantitative estimate of drug-likeness (QED) is 0.589. The van der Waals surface area contributed by atoms with Crippen LogP contribution in [0.4, 0.5) is 0 Å². The molecule has 0 fully saturated rings. The van der Waals surface area contributed by atoms with Crippen LogP contribution in [-0.2, 0) is 0 Å². The average Bonchev–Trinajstić information content (AvgIpc) is 1.94. The maximum atomic E-state index is 5.88. The smallest absolute Gasteiger partial charge is 0.132 e. The van der Waals surface area contributed by atoms with Crippen LogP contribution >= 0.6 is 11.6 Å². The van der Waals surface area contributed by atoms with E-state index >= 15 is 0 Å². The van der Waals surface area contributed by atoms with E-state index < -0.39 is 0 Å². The maximum Gasteiger partial charge on any atom is 0.132 e. The standard InChI is InChI=1S/C9H12ClN/c1-6(2)8-4-7(3)5-11-9(8)10/h4-6H,1-3H3. The highest BCUT2D eigenvalue weighted by Gasteiger charge is 2.04. The van der Waals surface area contributed by atoms with Gasteiger partial charge in [-0.25, -0.2) is 4.98 Å². The molecular weight excluding hydrogens is 158 g/mol. The molecule has 0 aliphatic carbocycles. The first kappa shape index (κ1) is 8.54. The van der Waals surface area contributed by atoms with Gasteiger partial charge in [0.05, 0.1) is 0 Å². The van der Waals surface area contributed by atoms with Gasteiger partial charge in [0.25, 0.3) is 0 Å². The summed E-state index contributed by atoms with van der Waals surface area (Å²) in [4.78, 5) is 4.07. The molecule has 2 heteroatoms. The van der Waals surface area contributed by atoms with Crippen LogP contribution in [0, 0.1) is 6.92 Å². The van der Waals surface area contributed by atoms with Crippen molar-refractivity contribution in [3.8, 4) is 0 Å². The third kappa shape index (κ3) is 1.93. The highest BCUT2D eigenvalue weighted by Crippen LogP contribution is 2.22. The molecule has 0 radical (unpaired) electrons. The van der Waals surface area contributed by atoms with Gasteiger partial charge in [0.2, 0.25) is 0 Å². The fraction of sp³-hybridized carbons (Fsp3) is 0.444. The minimum atomic E-state index is 0.454. The lowest BCUT2D eigenvalue weighted by Crippen LogP contribution is -1.92. The van der Waals surface area contributed by atoms with E-state index in [0.717, 1.165) is 11.1 Å². The topological polar surface area (TPSA) is 12.9 Å². The van der Waals surface area contributed by atoms with Gasteiger partial charge < -0.3 is 0 Å². The van der Waals surface area contributed by atoms with E-state index in [2.05, 4.69) is 24.9 Å². The predicted octanol–water partition coefficient (Wildman–Crippen LogP) is 3.17. The summed E-state index contributed by atoms with van der Waals surface area (Å²) in [6, 6.07) is 2.08. The van der Waals surface area contributed by atoms with Crippen molar-refractivity contribution in [2.24, 2.45) is 0 Å². The summed E-state index contributed by atoms with van der Waals surface area (Å²) in [6.45, 7) is 6.25. The van der Waals surface area contributed by atoms with E-state index in [4.69, 9.17) is 11.6 Å². The molecule has 0 atom stereocenters. The molecule has 60 valence electrons. The third-order valence-electron chi connectivity index (χ3n) is 1.62. The van der Waals surface area contributed by atoms with Crippen LogP contribution in [0.5, 0.6) is 0 Å². The summed E-state index contributed by atoms with van der Waals surface area (Å²) in [5, 5.41) is 0.630. The van der Waals surface area contributed by atoms with Crippen molar-refractivity contribution in [3.05, 3.63) is 28.5 Å². The molecule has 0 saturated heterocycles. The van der Waals surface area contributed by atoms with Gasteiger partial charge in [-0.3, -0.25) is 0 Å². The molecule has 0 N–H and O–H groups in total. The molecule has 0 spiro atoms. The normalized spacial score (nSPS) is 10.6. The van der Waals surface area contributed by atoms with Gasteiger partial charge in [-0.2, -0.15) is 0 Å². The molecule has 0 aliphatic heterocycles. The van der Waals surface area contributed by atoms with Gasteiger partial charge in [0.1, 0.15) is 5.15 Å². The van der Waals surface area contributed by atoms with Crippen molar-refractivity contribution in [2.75, 3.05) is 0 Å². The fourth-order valence-corrected chi connectivity index (χ4v) is 1.30. The van der Waals surface area contributed by atoms with Gasteiger partial charge in [0, 0.05) is 6.20 Å². The largest absolute Gasteiger partial charge is 0.244 e. The zero-order valence-corrected chi connectivity index (χ0v) is 7.81. The summed E-state index contributed by atoms with van der Waals surface area (Å²) < 4.78 is 0. The molecule has 0 bridgehead atoms. The average molecular weight is 170 g/mol. The molecule has 0 aliphatic rings. The minimum absolute atomic E-state index is 0.454. The highest BCUT2D eigenvalue weighted by molar-refractivity contribution is 6.30. The van der Waals surface area contributed by atoms with E-state index in [1.165, 1.54) is 0 Å². The monoisotopic (exact) mass is 169 g/mol. The molecule has 1 heterocycles. The van der Waals surface area contributed by atoms with Gasteiger partial charge in [-0.05, 0) is 24.0 Å². The summed E-state index contributed by atoms with van der Waals surface area (Å²) >= 11 is 5.88. The van der Waals surface area contributed by atoms with Crippen LogP contribution < -0.4 is 0 Å². The Labute approximate surface area is 72.4 Å². The Kier molecular flexibility index (Phi) is 2.50. The first-order valence-electron chi connectivity index (χ1n) is 3.73. The molecule has 0 saturated carbocycles. The number of hydrogen-bond acceptors (Lipinski definition) is 1. The number of halogens is 1. The molecule has 1 aromatic heterocycles. The molecule has 0 unspecified atom stereocenters. The summed E-state index contributed by atoms with van der Waals surface area (Å²) in [5.74, 6) is 0.454. The summed E-state index contributed by atoms with van der Waals surface area (Å²) in [5.41, 5.74) is 2.30. The number of pyridine rings is 1. The Morgan fingerprint density at radius 1 is 1.45 bits per heavy atom. The molecule has 1 nitrogen and oxygen atoms in total.